The van der Waals surface area contributed by atoms with Gasteiger partial charge < -0.3 is 42.0 Å². The second kappa shape index (κ2) is 39.6. The van der Waals surface area contributed by atoms with E-state index in [2.05, 4.69) is 291 Å². The van der Waals surface area contributed by atoms with Gasteiger partial charge in [-0.2, -0.15) is 15.2 Å². The van der Waals surface area contributed by atoms with E-state index in [0.29, 0.717) is 0 Å². The molecule has 6 aromatic carbocycles. The Bertz CT molecular complexity index is 5160. The fourth-order valence-electron chi connectivity index (χ4n) is 14.3. The van der Waals surface area contributed by atoms with Crippen molar-refractivity contribution in [2.45, 2.75) is 255 Å². The number of imidazole rings is 2. The molecule has 650 valence electrons. The highest BCUT2D eigenvalue weighted by molar-refractivity contribution is 7.44. The van der Waals surface area contributed by atoms with Gasteiger partial charge in [-0.05, 0) is 125 Å². The first-order chi connectivity index (χ1) is 56.2. The number of aromatic amines is 2. The summed E-state index contributed by atoms with van der Waals surface area (Å²) in [7, 11) is -6.98. The van der Waals surface area contributed by atoms with E-state index < -0.39 is 96.6 Å². The molecule has 5 N–H and O–H groups in total. The Kier molecular flexibility index (Phi) is 31.3. The summed E-state index contributed by atoms with van der Waals surface area (Å²) < 4.78 is 62.6. The fourth-order valence-corrected chi connectivity index (χ4v) is 18.6. The summed E-state index contributed by atoms with van der Waals surface area (Å²) in [5.74, 6) is -1.36. The first kappa shape index (κ1) is 95.7. The molecular weight excluding hydrogens is 1580 g/mol. The molecule has 121 heavy (non-hydrogen) atoms. The van der Waals surface area contributed by atoms with Crippen LogP contribution in [0.2, 0.25) is 36.3 Å². The molecule has 0 bridgehead atoms. The number of benzene rings is 6. The second-order valence-corrected chi connectivity index (χ2v) is 46.3. The Labute approximate surface area is 717 Å². The number of hydrogen-bond donors (Lipinski definition) is 5. The van der Waals surface area contributed by atoms with Crippen LogP contribution in [0, 0.1) is 50.9 Å². The van der Waals surface area contributed by atoms with Crippen molar-refractivity contribution >= 4 is 71.2 Å². The molecule has 28 heteroatoms. The highest BCUT2D eigenvalue weighted by Crippen LogP contribution is 2.54. The topological polar surface area (TPSA) is 306 Å². The number of nitrogens with one attached hydrogen (secondary N) is 4. The summed E-state index contributed by atoms with van der Waals surface area (Å²) >= 11 is 0. The molecule has 2 aliphatic heterocycles. The van der Waals surface area contributed by atoms with E-state index in [-0.39, 0.29) is 121 Å². The van der Waals surface area contributed by atoms with E-state index in [1.165, 1.54) is 17.2 Å². The van der Waals surface area contributed by atoms with Gasteiger partial charge in [0.2, 0.25) is 23.7 Å². The summed E-state index contributed by atoms with van der Waals surface area (Å²) in [5, 5.41) is 26.8. The Morgan fingerprint density at radius 1 is 0.537 bits per heavy atom. The lowest BCUT2D eigenvalue weighted by Gasteiger charge is -2.43. The van der Waals surface area contributed by atoms with E-state index in [0.717, 1.165) is 55.6 Å². The lowest BCUT2D eigenvalue weighted by atomic mass is 9.79. The number of hydrogen-bond acceptors (Lipinski definition) is 19. The van der Waals surface area contributed by atoms with Crippen LogP contribution in [0.15, 0.2) is 180 Å². The number of anilines is 2. The van der Waals surface area contributed by atoms with Gasteiger partial charge in [0, 0.05) is 23.9 Å². The van der Waals surface area contributed by atoms with Crippen molar-refractivity contribution in [3.8, 4) is 6.07 Å². The van der Waals surface area contributed by atoms with E-state index in [9.17, 15) is 29.5 Å². The molecule has 2 amide bonds. The molecule has 2 saturated heterocycles. The molecule has 10 aromatic rings. The average molecular weight is 1710 g/mol. The molecule has 3 unspecified atom stereocenters. The summed E-state index contributed by atoms with van der Waals surface area (Å²) in [4.78, 5) is 75.5. The molecule has 25 nitrogen and oxygen atoms in total. The van der Waals surface area contributed by atoms with Gasteiger partial charge in [0.05, 0.1) is 45.0 Å². The maximum Gasteiger partial charge on any atom is 0.280 e. The minimum Gasteiger partial charge on any atom is -0.408 e. The van der Waals surface area contributed by atoms with E-state index in [1.54, 1.807) is 32.3 Å². The van der Waals surface area contributed by atoms with Crippen LogP contribution in [-0.4, -0.2) is 146 Å². The third-order valence-electron chi connectivity index (χ3n) is 23.0. The van der Waals surface area contributed by atoms with Crippen LogP contribution in [0.4, 0.5) is 11.9 Å². The number of carbonyl (C=O) groups is 2. The highest BCUT2D eigenvalue weighted by Gasteiger charge is 2.56. The van der Waals surface area contributed by atoms with Crippen LogP contribution in [0.5, 0.6) is 0 Å². The summed E-state index contributed by atoms with van der Waals surface area (Å²) in [6.45, 7) is 45.5. The van der Waals surface area contributed by atoms with Crippen molar-refractivity contribution < 1.29 is 51.5 Å². The zero-order valence-corrected chi connectivity index (χ0v) is 75.7. The van der Waals surface area contributed by atoms with Gasteiger partial charge >= 0.3 is 0 Å². The molecule has 4 aromatic heterocycles. The molecular formula is C93H127N12O13PSi2. The van der Waals surface area contributed by atoms with Gasteiger partial charge in [-0.25, -0.2) is 14.6 Å². The van der Waals surface area contributed by atoms with Gasteiger partial charge in [0.15, 0.2) is 51.4 Å². The number of carbonyl (C=O) groups excluding carboxylic acids is 2. The molecule has 2 fully saturated rings. The minimum absolute atomic E-state index is 0. The zero-order chi connectivity index (χ0) is 86.4. The van der Waals surface area contributed by atoms with Gasteiger partial charge in [-0.1, -0.05) is 264 Å². The van der Waals surface area contributed by atoms with Crippen LogP contribution < -0.4 is 21.8 Å². The molecule has 9 atom stereocenters. The number of nitrogens with zero attached hydrogens (tertiary/aromatic N) is 8. The standard InChI is InChI=1S/C50H68N7O7PSi.C41H51N5O6Si.2CH4/c1-32(2)45(58)54-48-53-44-41(46(59)55-48)52-31-56(44)47-43(63-65(61-29-17-28-51)57(33(3)4)34(5)6)42(64-66(12,13)49(9,10)11)40(62-47)30-60-50(37-18-15-14-16-19-37,38-24-20-35(7)21-25-38)39-26-22-36(8)23-27-39;1-25(2)36(48)44-39-43-35-32(37(49)45-39)42-24-46(35)38-33(47)34(52-53(8,9)40(5,6)7)31(51-38)23-50-41(28-13-11-10-12-14-28,29-19-15-26(3)16-20-29)30-21-17-27(4)18-22-30;;/h14-16,18-27,31-34,40,42-43,47H,17,29-30H2,1-13H3,(H2,53,54,55,58,59);10-22,24-25,31,33-34,38,47H,23H2,1-9H3,(H2,43,44,45,48,49);2*1H4/t40-,42?,43+,47-,65?;31-,33+,34?,38-;;/m11../s1. The highest BCUT2D eigenvalue weighted by atomic mass is 31.2. The normalized spacial score (nSPS) is 18.8. The van der Waals surface area contributed by atoms with Crippen molar-refractivity contribution in [1.82, 2.24) is 43.7 Å². The van der Waals surface area contributed by atoms with Gasteiger partial charge in [0.1, 0.15) is 47.8 Å². The van der Waals surface area contributed by atoms with Crippen LogP contribution in [0.25, 0.3) is 22.3 Å². The molecule has 0 spiro atoms. The number of amides is 2. The van der Waals surface area contributed by atoms with Crippen LogP contribution >= 0.6 is 8.53 Å². The minimum atomic E-state index is -2.65. The maximum atomic E-state index is 13.6. The number of H-pyrrole nitrogens is 2. The third-order valence-corrected chi connectivity index (χ3v) is 34.1. The first-order valence-corrected chi connectivity index (χ1v) is 48.0. The number of rotatable bonds is 30. The number of aryl methyl sites for hydroxylation is 4. The first-order valence-electron chi connectivity index (χ1n) is 41.0. The van der Waals surface area contributed by atoms with E-state index in [1.807, 2.05) is 36.4 Å². The molecule has 2 aliphatic rings. The average Bonchev–Trinajstić information content (AvgIpc) is 1.74. The molecule has 0 radical (unpaired) electrons. The predicted molar refractivity (Wildman–Crippen MR) is 484 cm³/mol. The summed E-state index contributed by atoms with van der Waals surface area (Å²) in [6, 6.07) is 56.1. The lowest BCUT2D eigenvalue weighted by molar-refractivity contribution is -0.119. The smallest absolute Gasteiger partial charge is 0.280 e. The quantitative estimate of drug-likeness (QED) is 0.0121. The Morgan fingerprint density at radius 2 is 0.876 bits per heavy atom. The Morgan fingerprint density at radius 3 is 1.22 bits per heavy atom. The van der Waals surface area contributed by atoms with Gasteiger partial charge in [-0.15, -0.1) is 0 Å². The number of ether oxygens (including phenoxy) is 4. The lowest BCUT2D eigenvalue weighted by Crippen LogP contribution is -2.51. The largest absolute Gasteiger partial charge is 0.408 e. The van der Waals surface area contributed by atoms with Crippen molar-refractivity contribution in [3.63, 3.8) is 0 Å². The summed E-state index contributed by atoms with van der Waals surface area (Å²) in [6.07, 6.45) is -4.06. The SMILES string of the molecule is C.C.Cc1ccc(C(OC[C@H]2O[C@@H](n3cnc4c(=O)[nH]c(NC(=O)C(C)C)nc43)[C@@H](O)C2O[Si](C)(C)C(C)(C)C)(c2ccccc2)c2ccc(C)cc2)cc1.Cc1ccc(C(OC[C@H]2O[C@@H](n3cnc4c(=O)[nH]c(NC(=O)C(C)C)nc43)[C@@H](OP(OCCC#N)N(C(C)C)C(C)C)C2O[Si](C)(C)C(C)(C)C)(c2ccccc2)c2ccc(C)cc2)cc1. The second-order valence-electron chi connectivity index (χ2n) is 35.4. The maximum absolute atomic E-state index is 13.6. The van der Waals surface area contributed by atoms with Crippen molar-refractivity contribution in [2.75, 3.05) is 30.5 Å². The van der Waals surface area contributed by atoms with Gasteiger partial charge in [-0.3, -0.25) is 48.9 Å². The predicted octanol–water partition coefficient (Wildman–Crippen LogP) is 18.5. The van der Waals surface area contributed by atoms with Crippen LogP contribution in [-0.2, 0) is 57.6 Å². The zero-order valence-electron chi connectivity index (χ0n) is 72.8. The van der Waals surface area contributed by atoms with Crippen LogP contribution in [0.1, 0.15) is 186 Å². The third kappa shape index (κ3) is 21.1. The van der Waals surface area contributed by atoms with E-state index >= 15 is 0 Å². The van der Waals surface area contributed by atoms with E-state index in [4.69, 9.17) is 41.8 Å². The van der Waals surface area contributed by atoms with Crippen LogP contribution in [0.3, 0.4) is 0 Å². The number of fused-ring (bicyclic) bond motifs is 2. The van der Waals surface area contributed by atoms with Crippen molar-refractivity contribution in [1.29, 1.82) is 5.26 Å². The Balaban J connectivity index is 0.000000277. The molecule has 0 aliphatic carbocycles. The van der Waals surface area contributed by atoms with Crippen molar-refractivity contribution in [3.05, 3.63) is 247 Å². The number of aliphatic hydroxyl groups excluding tert-OH is 1. The number of nitriles is 1. The monoisotopic (exact) mass is 1710 g/mol. The van der Waals surface area contributed by atoms with Gasteiger partial charge in [0.25, 0.3) is 19.6 Å². The number of aromatic nitrogens is 8. The molecule has 12 rings (SSSR count). The fraction of sp³-hybridized carbons (Fsp3) is 0.473. The van der Waals surface area contributed by atoms with Crippen molar-refractivity contribution in [2.24, 2.45) is 11.8 Å². The molecule has 6 heterocycles. The molecule has 0 saturated carbocycles. The Hall–Kier alpha value is -9.09. The summed E-state index contributed by atoms with van der Waals surface area (Å²) in [5.41, 5.74) is 7.35. The number of aliphatic hydroxyl groups is 1.